The fourth-order valence-electron chi connectivity index (χ4n) is 3.80. The van der Waals surface area contributed by atoms with Crippen LogP contribution in [0.4, 0.5) is 0 Å². The van der Waals surface area contributed by atoms with Gasteiger partial charge in [-0.1, -0.05) is 19.3 Å². The number of rotatable bonds is 5. The predicted molar refractivity (Wildman–Crippen MR) is 101 cm³/mol. The fourth-order valence-corrected chi connectivity index (χ4v) is 3.80. The number of furan rings is 1. The van der Waals surface area contributed by atoms with Gasteiger partial charge in [0.2, 0.25) is 0 Å². The highest BCUT2D eigenvalue weighted by Gasteiger charge is 2.40. The molecule has 1 fully saturated rings. The minimum absolute atomic E-state index is 0.0531. The molecule has 1 atom stereocenters. The SMILES string of the molecule is C[C@H](OC(=O)Cc1coc2cc(O)ccc12)C(=O)N(C)C1(C#N)CCCCC1. The summed E-state index contributed by atoms with van der Waals surface area (Å²) in [6, 6.07) is 6.95. The molecule has 2 aromatic rings. The van der Waals surface area contributed by atoms with E-state index in [1.807, 2.05) is 0 Å². The molecule has 1 saturated carbocycles. The molecule has 28 heavy (non-hydrogen) atoms. The lowest BCUT2D eigenvalue weighted by molar-refractivity contribution is -0.160. The summed E-state index contributed by atoms with van der Waals surface area (Å²) in [5.74, 6) is -0.856. The lowest BCUT2D eigenvalue weighted by atomic mass is 9.81. The monoisotopic (exact) mass is 384 g/mol. The highest BCUT2D eigenvalue weighted by atomic mass is 16.5. The van der Waals surface area contributed by atoms with Crippen molar-refractivity contribution >= 4 is 22.8 Å². The number of hydrogen-bond donors (Lipinski definition) is 1. The van der Waals surface area contributed by atoms with Crippen LogP contribution in [0.2, 0.25) is 0 Å². The Morgan fingerprint density at radius 3 is 2.75 bits per heavy atom. The van der Waals surface area contributed by atoms with Gasteiger partial charge in [-0.3, -0.25) is 9.59 Å². The van der Waals surface area contributed by atoms with Crippen LogP contribution in [0.25, 0.3) is 11.0 Å². The number of amides is 1. The van der Waals surface area contributed by atoms with Crippen LogP contribution in [0.5, 0.6) is 5.75 Å². The zero-order valence-electron chi connectivity index (χ0n) is 16.1. The average molecular weight is 384 g/mol. The zero-order chi connectivity index (χ0) is 20.3. The maximum atomic E-state index is 12.7. The van der Waals surface area contributed by atoms with Crippen LogP contribution >= 0.6 is 0 Å². The lowest BCUT2D eigenvalue weighted by Crippen LogP contribution is -2.53. The second-order valence-corrected chi connectivity index (χ2v) is 7.35. The van der Waals surface area contributed by atoms with Crippen molar-refractivity contribution in [1.82, 2.24) is 4.90 Å². The van der Waals surface area contributed by atoms with E-state index in [1.165, 1.54) is 30.2 Å². The number of nitrogens with zero attached hydrogens (tertiary/aromatic N) is 2. The van der Waals surface area contributed by atoms with E-state index in [9.17, 15) is 20.0 Å². The first-order chi connectivity index (χ1) is 13.4. The number of carbonyl (C=O) groups excluding carboxylic acids is 2. The Bertz CT molecular complexity index is 921. The predicted octanol–water partition coefficient (Wildman–Crippen LogP) is 3.30. The van der Waals surface area contributed by atoms with Crippen molar-refractivity contribution in [2.45, 2.75) is 57.1 Å². The number of likely N-dealkylation sites (N-methyl/N-ethyl adjacent to an activating group) is 1. The molecular weight excluding hydrogens is 360 g/mol. The maximum Gasteiger partial charge on any atom is 0.311 e. The molecule has 1 heterocycles. The van der Waals surface area contributed by atoms with Crippen LogP contribution in [-0.2, 0) is 20.7 Å². The van der Waals surface area contributed by atoms with Gasteiger partial charge >= 0.3 is 5.97 Å². The molecule has 1 aliphatic rings. The molecule has 0 spiro atoms. The molecule has 0 aliphatic heterocycles. The van der Waals surface area contributed by atoms with E-state index < -0.39 is 17.6 Å². The summed E-state index contributed by atoms with van der Waals surface area (Å²) in [5, 5.41) is 19.8. The molecular formula is C21H24N2O5. The van der Waals surface area contributed by atoms with Gasteiger partial charge in [0.25, 0.3) is 5.91 Å². The van der Waals surface area contributed by atoms with Crippen LogP contribution in [0.15, 0.2) is 28.9 Å². The van der Waals surface area contributed by atoms with Crippen molar-refractivity contribution in [2.24, 2.45) is 0 Å². The largest absolute Gasteiger partial charge is 0.508 e. The van der Waals surface area contributed by atoms with Crippen LogP contribution in [-0.4, -0.2) is 40.6 Å². The first-order valence-corrected chi connectivity index (χ1v) is 9.44. The standard InChI is InChI=1S/C21H24N2O5/c1-14(20(26)23(2)21(13-22)8-4-3-5-9-21)28-19(25)10-15-12-27-18-11-16(24)6-7-17(15)18/h6-7,11-12,14,24H,3-5,8-10H2,1-2H3/t14-/m0/s1. The molecule has 0 unspecified atom stereocenters. The quantitative estimate of drug-likeness (QED) is 0.793. The number of phenolic OH excluding ortho intramolecular Hbond substituents is 1. The number of carbonyl (C=O) groups is 2. The molecule has 1 N–H and O–H groups in total. The Kier molecular flexibility index (Phi) is 5.59. The van der Waals surface area contributed by atoms with E-state index in [4.69, 9.17) is 9.15 Å². The van der Waals surface area contributed by atoms with Gasteiger partial charge in [-0.05, 0) is 31.9 Å². The fraction of sp³-hybridized carbons (Fsp3) is 0.476. The minimum Gasteiger partial charge on any atom is -0.508 e. The number of nitriles is 1. The van der Waals surface area contributed by atoms with Gasteiger partial charge in [0, 0.05) is 24.1 Å². The molecule has 148 valence electrons. The Morgan fingerprint density at radius 1 is 1.36 bits per heavy atom. The smallest absolute Gasteiger partial charge is 0.311 e. The zero-order valence-corrected chi connectivity index (χ0v) is 16.1. The summed E-state index contributed by atoms with van der Waals surface area (Å²) >= 11 is 0. The Labute approximate surface area is 163 Å². The summed E-state index contributed by atoms with van der Waals surface area (Å²) < 4.78 is 10.7. The lowest BCUT2D eigenvalue weighted by Gasteiger charge is -2.39. The molecule has 7 heteroatoms. The Balaban J connectivity index is 1.64. The molecule has 0 bridgehead atoms. The number of fused-ring (bicyclic) bond motifs is 1. The Morgan fingerprint density at radius 2 is 2.07 bits per heavy atom. The number of phenols is 1. The number of aromatic hydroxyl groups is 1. The van der Waals surface area contributed by atoms with Crippen molar-refractivity contribution < 1.29 is 23.8 Å². The maximum absolute atomic E-state index is 12.7. The third-order valence-corrected chi connectivity index (χ3v) is 5.49. The van der Waals surface area contributed by atoms with Crippen molar-refractivity contribution in [3.8, 4) is 11.8 Å². The summed E-state index contributed by atoms with van der Waals surface area (Å²) in [6.45, 7) is 1.52. The number of ether oxygens (including phenoxy) is 1. The van der Waals surface area contributed by atoms with Gasteiger partial charge in [-0.2, -0.15) is 5.26 Å². The highest BCUT2D eigenvalue weighted by molar-refractivity contribution is 5.88. The molecule has 1 aromatic carbocycles. The van der Waals surface area contributed by atoms with Crippen molar-refractivity contribution in [3.63, 3.8) is 0 Å². The van der Waals surface area contributed by atoms with Crippen molar-refractivity contribution in [2.75, 3.05) is 7.05 Å². The summed E-state index contributed by atoms with van der Waals surface area (Å²) in [5.41, 5.74) is 0.271. The highest BCUT2D eigenvalue weighted by Crippen LogP contribution is 2.33. The van der Waals surface area contributed by atoms with E-state index in [-0.39, 0.29) is 18.1 Å². The molecule has 1 aromatic heterocycles. The van der Waals surface area contributed by atoms with E-state index >= 15 is 0 Å². The van der Waals surface area contributed by atoms with E-state index in [1.54, 1.807) is 13.1 Å². The van der Waals surface area contributed by atoms with Crippen LogP contribution in [0.1, 0.15) is 44.6 Å². The van der Waals surface area contributed by atoms with Gasteiger partial charge in [-0.25, -0.2) is 0 Å². The van der Waals surface area contributed by atoms with Crippen molar-refractivity contribution in [3.05, 3.63) is 30.0 Å². The number of esters is 1. The van der Waals surface area contributed by atoms with Crippen LogP contribution in [0, 0.1) is 11.3 Å². The topological polar surface area (TPSA) is 104 Å². The number of hydrogen-bond acceptors (Lipinski definition) is 6. The summed E-state index contributed by atoms with van der Waals surface area (Å²) in [6.07, 6.45) is 4.56. The molecule has 7 nitrogen and oxygen atoms in total. The van der Waals surface area contributed by atoms with Gasteiger partial charge in [0.15, 0.2) is 6.10 Å². The normalized spacial score (nSPS) is 16.9. The van der Waals surface area contributed by atoms with E-state index in [0.717, 1.165) is 19.3 Å². The number of benzene rings is 1. The second-order valence-electron chi connectivity index (χ2n) is 7.35. The molecule has 3 rings (SSSR count). The van der Waals surface area contributed by atoms with Crippen molar-refractivity contribution in [1.29, 1.82) is 5.26 Å². The summed E-state index contributed by atoms with van der Waals surface area (Å²) in [4.78, 5) is 26.5. The van der Waals surface area contributed by atoms with Crippen LogP contribution in [0.3, 0.4) is 0 Å². The third-order valence-electron chi connectivity index (χ3n) is 5.49. The molecule has 1 aliphatic carbocycles. The first-order valence-electron chi connectivity index (χ1n) is 9.44. The van der Waals surface area contributed by atoms with Gasteiger partial charge in [0.05, 0.1) is 18.8 Å². The van der Waals surface area contributed by atoms with Gasteiger partial charge in [0.1, 0.15) is 16.9 Å². The second kappa shape index (κ2) is 7.93. The van der Waals surface area contributed by atoms with E-state index in [0.29, 0.717) is 29.4 Å². The van der Waals surface area contributed by atoms with E-state index in [2.05, 4.69) is 6.07 Å². The first kappa shape index (κ1) is 19.7. The van der Waals surface area contributed by atoms with Gasteiger partial charge in [-0.15, -0.1) is 0 Å². The summed E-state index contributed by atoms with van der Waals surface area (Å²) in [7, 11) is 1.61. The minimum atomic E-state index is -0.980. The molecule has 0 saturated heterocycles. The average Bonchev–Trinajstić information content (AvgIpc) is 3.08. The van der Waals surface area contributed by atoms with Gasteiger partial charge < -0.3 is 19.2 Å². The molecule has 1 amide bonds. The Hall–Kier alpha value is -3.01. The third kappa shape index (κ3) is 3.81. The molecule has 0 radical (unpaired) electrons. The van der Waals surface area contributed by atoms with Crippen LogP contribution < -0.4 is 0 Å².